The molecule has 56 valence electrons. The molecule has 0 aromatic heterocycles. The lowest BCUT2D eigenvalue weighted by Crippen LogP contribution is -3.00. The van der Waals surface area contributed by atoms with Gasteiger partial charge in [-0.1, -0.05) is 0 Å². The van der Waals surface area contributed by atoms with E-state index < -0.39 is 0 Å². The number of rotatable bonds is 2. The van der Waals surface area contributed by atoms with Gasteiger partial charge in [0.2, 0.25) is 0 Å². The van der Waals surface area contributed by atoms with Crippen LogP contribution in [-0.4, -0.2) is 31.6 Å². The van der Waals surface area contributed by atoms with Gasteiger partial charge in [0, 0.05) is 0 Å². The zero-order valence-electron chi connectivity index (χ0n) is 5.69. The zero-order valence-corrected chi connectivity index (χ0v) is 6.44. The minimum Gasteiger partial charge on any atom is -1.00 e. The Kier molecular flexibility index (Phi) is 7.12. The Morgan fingerprint density at radius 1 is 1.44 bits per heavy atom. The fourth-order valence-corrected chi connectivity index (χ4v) is 0.249. The normalized spacial score (nSPS) is 8.33. The van der Waals surface area contributed by atoms with Gasteiger partial charge >= 0.3 is 5.96 Å². The van der Waals surface area contributed by atoms with Crippen molar-refractivity contribution in [2.45, 2.75) is 0 Å². The minimum atomic E-state index is 0. The van der Waals surface area contributed by atoms with E-state index >= 15 is 0 Å². The van der Waals surface area contributed by atoms with Crippen LogP contribution in [0.3, 0.4) is 0 Å². The Hall–Kier alpha value is -0.480. The average molecular weight is 153 g/mol. The lowest BCUT2D eigenvalue weighted by Gasteiger charge is -2.01. The quantitative estimate of drug-likeness (QED) is 0.210. The molecule has 0 amide bonds. The molecular weight excluding hydrogens is 140 g/mol. The van der Waals surface area contributed by atoms with Crippen LogP contribution in [0.1, 0.15) is 0 Å². The highest BCUT2D eigenvalue weighted by Gasteiger charge is 1.86. The highest BCUT2D eigenvalue weighted by molar-refractivity contribution is 5.69. The molecule has 0 heterocycles. The van der Waals surface area contributed by atoms with Crippen LogP contribution in [0.5, 0.6) is 0 Å². The summed E-state index contributed by atoms with van der Waals surface area (Å²) >= 11 is 0. The molecule has 0 atom stereocenters. The summed E-state index contributed by atoms with van der Waals surface area (Å²) < 4.78 is 0. The molecule has 0 aliphatic heterocycles. The van der Waals surface area contributed by atoms with Crippen molar-refractivity contribution >= 4 is 5.96 Å². The number of halogens is 1. The van der Waals surface area contributed by atoms with Crippen LogP contribution in [0.25, 0.3) is 0 Å². The highest BCUT2D eigenvalue weighted by Crippen LogP contribution is 1.54. The molecule has 0 bridgehead atoms. The number of hydrogen-bond acceptors (Lipinski definition) is 1. The molecule has 0 aliphatic carbocycles. The van der Waals surface area contributed by atoms with E-state index in [1.807, 2.05) is 19.0 Å². The predicted octanol–water partition coefficient (Wildman–Crippen LogP) is -6.14. The molecule has 0 spiro atoms. The average Bonchev–Trinajstić information content (AvgIpc) is 1.61. The molecular formula is C4H13ClN4. The van der Waals surface area contributed by atoms with Crippen molar-refractivity contribution in [3.05, 3.63) is 0 Å². The minimum absolute atomic E-state index is 0. The molecule has 0 aliphatic rings. The highest BCUT2D eigenvalue weighted by atomic mass is 35.5. The molecule has 0 saturated heterocycles. The van der Waals surface area contributed by atoms with Crippen LogP contribution in [0, 0.1) is 0 Å². The van der Waals surface area contributed by atoms with E-state index in [2.05, 4.69) is 4.99 Å². The molecule has 0 unspecified atom stereocenters. The Balaban J connectivity index is 0. The van der Waals surface area contributed by atoms with Crippen LogP contribution in [-0.2, 0) is 0 Å². The van der Waals surface area contributed by atoms with Crippen molar-refractivity contribution in [3.8, 4) is 0 Å². The number of nitrogens with one attached hydrogen (secondary N) is 1. The molecule has 0 rings (SSSR count). The Bertz CT molecular complexity index is 86.6. The number of guanidine groups is 1. The molecule has 0 aromatic rings. The second-order valence-electron chi connectivity index (χ2n) is 1.87. The largest absolute Gasteiger partial charge is 1.00 e. The van der Waals surface area contributed by atoms with Crippen molar-refractivity contribution in [3.63, 3.8) is 0 Å². The van der Waals surface area contributed by atoms with Gasteiger partial charge in [-0.3, -0.25) is 21.4 Å². The summed E-state index contributed by atoms with van der Waals surface area (Å²) in [5.41, 5.74) is 10.2. The topological polar surface area (TPSA) is 69.2 Å². The lowest BCUT2D eigenvalue weighted by molar-refractivity contribution is -0.482. The van der Waals surface area contributed by atoms with Crippen molar-refractivity contribution in [2.75, 3.05) is 20.8 Å². The van der Waals surface area contributed by atoms with Crippen molar-refractivity contribution in [1.29, 1.82) is 0 Å². The van der Waals surface area contributed by atoms with Gasteiger partial charge in [0.1, 0.15) is 6.67 Å². The molecule has 0 radical (unpaired) electrons. The molecule has 9 heavy (non-hydrogen) atoms. The summed E-state index contributed by atoms with van der Waals surface area (Å²) in [6, 6.07) is 0. The van der Waals surface area contributed by atoms with Gasteiger partial charge in [-0.05, 0) is 14.1 Å². The first-order valence-corrected chi connectivity index (χ1v) is 2.39. The Morgan fingerprint density at radius 3 is 2.00 bits per heavy atom. The summed E-state index contributed by atoms with van der Waals surface area (Å²) in [4.78, 5) is 4.67. The van der Waals surface area contributed by atoms with Crippen molar-refractivity contribution in [1.82, 2.24) is 4.90 Å². The summed E-state index contributed by atoms with van der Waals surface area (Å²) in [5.74, 6) is 0.263. The van der Waals surface area contributed by atoms with E-state index in [-0.39, 0.29) is 18.4 Å². The Morgan fingerprint density at radius 2 is 1.89 bits per heavy atom. The smallest absolute Gasteiger partial charge is 0.339 e. The van der Waals surface area contributed by atoms with E-state index in [4.69, 9.17) is 11.5 Å². The fraction of sp³-hybridized carbons (Fsp3) is 0.750. The van der Waals surface area contributed by atoms with Crippen molar-refractivity contribution in [2.24, 2.45) is 11.5 Å². The van der Waals surface area contributed by atoms with Crippen LogP contribution < -0.4 is 28.9 Å². The van der Waals surface area contributed by atoms with Crippen LogP contribution in [0.2, 0.25) is 0 Å². The van der Waals surface area contributed by atoms with Crippen LogP contribution in [0.15, 0.2) is 0 Å². The van der Waals surface area contributed by atoms with Crippen LogP contribution in [0.4, 0.5) is 0 Å². The van der Waals surface area contributed by atoms with Gasteiger partial charge in [0.15, 0.2) is 0 Å². The summed E-state index contributed by atoms with van der Waals surface area (Å²) in [7, 11) is 3.85. The molecule has 5 N–H and O–H groups in total. The number of nitrogens with two attached hydrogens (primary N) is 2. The first-order valence-electron chi connectivity index (χ1n) is 2.39. The number of nitrogens with zero attached hydrogens (tertiary/aromatic N) is 1. The summed E-state index contributed by atoms with van der Waals surface area (Å²) in [6.07, 6.45) is 0. The van der Waals surface area contributed by atoms with Gasteiger partial charge in [-0.25, -0.2) is 0 Å². The Labute approximate surface area is 61.3 Å². The maximum Gasteiger partial charge on any atom is 0.339 e. The maximum atomic E-state index is 5.10. The third-order valence-corrected chi connectivity index (χ3v) is 0.599. The third kappa shape index (κ3) is 11.2. The zero-order chi connectivity index (χ0) is 6.57. The molecule has 0 aromatic carbocycles. The SMILES string of the molecule is CN(C)C[NH+]=C(N)N.[Cl-]. The summed E-state index contributed by atoms with van der Waals surface area (Å²) in [6.45, 7) is 0.683. The monoisotopic (exact) mass is 152 g/mol. The summed E-state index contributed by atoms with van der Waals surface area (Å²) in [5, 5.41) is 0. The van der Waals surface area contributed by atoms with Crippen LogP contribution >= 0.6 is 0 Å². The van der Waals surface area contributed by atoms with Gasteiger partial charge in [0.25, 0.3) is 0 Å². The predicted molar refractivity (Wildman–Crippen MR) is 32.9 cm³/mol. The first-order chi connectivity index (χ1) is 3.63. The van der Waals surface area contributed by atoms with E-state index in [9.17, 15) is 0 Å². The lowest BCUT2D eigenvalue weighted by atomic mass is 10.9. The molecule has 0 fully saturated rings. The standard InChI is InChI=1S/C4H12N4.ClH/c1-8(2)3-7-4(5)6;/h3H2,1-2H3,(H4,5,6,7);1H. The van der Waals surface area contributed by atoms with E-state index in [1.165, 1.54) is 0 Å². The number of hydrogen-bond donors (Lipinski definition) is 3. The molecule has 0 saturated carbocycles. The third-order valence-electron chi connectivity index (χ3n) is 0.599. The first kappa shape index (κ1) is 11.3. The van der Waals surface area contributed by atoms with Gasteiger partial charge in [-0.2, -0.15) is 0 Å². The molecule has 5 heteroatoms. The van der Waals surface area contributed by atoms with E-state index in [0.717, 1.165) is 0 Å². The van der Waals surface area contributed by atoms with Gasteiger partial charge < -0.3 is 12.4 Å². The van der Waals surface area contributed by atoms with Crippen molar-refractivity contribution < 1.29 is 17.4 Å². The second kappa shape index (κ2) is 5.65. The molecule has 4 nitrogen and oxygen atoms in total. The van der Waals surface area contributed by atoms with E-state index in [0.29, 0.717) is 6.67 Å². The fourth-order valence-electron chi connectivity index (χ4n) is 0.249. The second-order valence-corrected chi connectivity index (χ2v) is 1.87. The maximum absolute atomic E-state index is 5.10. The van der Waals surface area contributed by atoms with Gasteiger partial charge in [0.05, 0.1) is 0 Å². The van der Waals surface area contributed by atoms with E-state index in [1.54, 1.807) is 0 Å². The van der Waals surface area contributed by atoms with Gasteiger partial charge in [-0.15, -0.1) is 0 Å².